The largest absolute Gasteiger partial charge is 0.381 e. The molecule has 4 aliphatic rings. The molecule has 0 radical (unpaired) electrons. The van der Waals surface area contributed by atoms with Crippen LogP contribution >= 0.6 is 0 Å². The molecule has 0 bridgehead atoms. The van der Waals surface area contributed by atoms with Crippen molar-refractivity contribution >= 4 is 11.7 Å². The first kappa shape index (κ1) is 16.5. The van der Waals surface area contributed by atoms with Gasteiger partial charge in [-0.25, -0.2) is 0 Å². The molecule has 3 heterocycles. The minimum atomic E-state index is -0.528. The maximum atomic E-state index is 13.0. The van der Waals surface area contributed by atoms with Gasteiger partial charge in [0.1, 0.15) is 11.4 Å². The molecule has 1 spiro atoms. The summed E-state index contributed by atoms with van der Waals surface area (Å²) in [7, 11) is 0. The summed E-state index contributed by atoms with van der Waals surface area (Å²) in [6, 6.07) is 10.0. The van der Waals surface area contributed by atoms with E-state index in [0.29, 0.717) is 11.8 Å². The van der Waals surface area contributed by atoms with Crippen LogP contribution in [0.2, 0.25) is 0 Å². The Balaban J connectivity index is 1.34. The zero-order valence-corrected chi connectivity index (χ0v) is 15.2. The van der Waals surface area contributed by atoms with Crippen molar-refractivity contribution in [1.82, 2.24) is 10.2 Å². The molecule has 5 nitrogen and oxygen atoms in total. The molecule has 2 saturated heterocycles. The Hall–Kier alpha value is -1.72. The highest BCUT2D eigenvalue weighted by molar-refractivity contribution is 6.15. The number of hydrogen-bond donors (Lipinski definition) is 1. The second-order valence-corrected chi connectivity index (χ2v) is 8.38. The lowest BCUT2D eigenvalue weighted by Gasteiger charge is -2.29. The molecule has 3 aliphatic heterocycles. The van der Waals surface area contributed by atoms with Crippen molar-refractivity contribution in [3.05, 3.63) is 35.9 Å². The monoisotopic (exact) mass is 353 g/mol. The van der Waals surface area contributed by atoms with Crippen LogP contribution in [0.4, 0.5) is 0 Å². The van der Waals surface area contributed by atoms with Gasteiger partial charge in [0, 0.05) is 44.3 Å². The molecule has 3 fully saturated rings. The van der Waals surface area contributed by atoms with E-state index in [1.165, 1.54) is 12.8 Å². The predicted molar refractivity (Wildman–Crippen MR) is 100 cm³/mol. The molecule has 1 aliphatic carbocycles. The number of aliphatic imine (C=N–C) groups is 1. The highest BCUT2D eigenvalue weighted by Crippen LogP contribution is 2.49. The van der Waals surface area contributed by atoms with E-state index in [9.17, 15) is 4.79 Å². The number of amidine groups is 1. The first-order chi connectivity index (χ1) is 12.7. The zero-order chi connectivity index (χ0) is 17.6. The average molecular weight is 353 g/mol. The Morgan fingerprint density at radius 1 is 1.15 bits per heavy atom. The van der Waals surface area contributed by atoms with Crippen LogP contribution < -0.4 is 5.32 Å². The third-order valence-electron chi connectivity index (χ3n) is 6.87. The number of ether oxygens (including phenoxy) is 1. The summed E-state index contributed by atoms with van der Waals surface area (Å²) in [5.41, 5.74) is 0.485. The molecular formula is C21H27N3O2. The lowest BCUT2D eigenvalue weighted by Crippen LogP contribution is -2.45. The Bertz CT molecular complexity index is 713. The second-order valence-electron chi connectivity index (χ2n) is 8.38. The number of nitrogens with zero attached hydrogens (tertiary/aromatic N) is 2. The Labute approximate surface area is 154 Å². The molecule has 3 atom stereocenters. The van der Waals surface area contributed by atoms with Gasteiger partial charge in [0.05, 0.1) is 0 Å². The van der Waals surface area contributed by atoms with Crippen molar-refractivity contribution in [2.75, 3.05) is 32.8 Å². The van der Waals surface area contributed by atoms with E-state index in [0.717, 1.165) is 63.0 Å². The average Bonchev–Trinajstić information content (AvgIpc) is 3.33. The summed E-state index contributed by atoms with van der Waals surface area (Å²) >= 11 is 0. The normalized spacial score (nSPS) is 34.9. The highest BCUT2D eigenvalue weighted by Gasteiger charge is 2.59. The van der Waals surface area contributed by atoms with Gasteiger partial charge < -0.3 is 15.0 Å². The number of carbonyl (C=O) groups is 1. The molecule has 26 heavy (non-hydrogen) atoms. The van der Waals surface area contributed by atoms with Gasteiger partial charge in [-0.1, -0.05) is 30.3 Å². The van der Waals surface area contributed by atoms with Gasteiger partial charge in [-0.05, 0) is 37.5 Å². The quantitative estimate of drug-likeness (QED) is 0.905. The number of hydrogen-bond acceptors (Lipinski definition) is 4. The number of benzene rings is 1. The predicted octanol–water partition coefficient (Wildman–Crippen LogP) is 2.07. The summed E-state index contributed by atoms with van der Waals surface area (Å²) in [6.45, 7) is 5.11. The molecule has 1 aromatic rings. The topological polar surface area (TPSA) is 53.9 Å². The van der Waals surface area contributed by atoms with Gasteiger partial charge in [0.15, 0.2) is 0 Å². The van der Waals surface area contributed by atoms with Gasteiger partial charge >= 0.3 is 0 Å². The summed E-state index contributed by atoms with van der Waals surface area (Å²) in [5, 5.41) is 3.09. The van der Waals surface area contributed by atoms with E-state index in [2.05, 4.69) is 10.2 Å². The number of nitrogens with one attached hydrogen (secondary N) is 1. The first-order valence-corrected chi connectivity index (χ1v) is 10.0. The fourth-order valence-electron chi connectivity index (χ4n) is 5.48. The van der Waals surface area contributed by atoms with E-state index in [4.69, 9.17) is 9.73 Å². The minimum absolute atomic E-state index is 0.122. The molecule has 5 rings (SSSR count). The van der Waals surface area contributed by atoms with Crippen molar-refractivity contribution in [2.45, 2.75) is 31.2 Å². The van der Waals surface area contributed by atoms with E-state index in [-0.39, 0.29) is 5.91 Å². The van der Waals surface area contributed by atoms with Gasteiger partial charge in [0.2, 0.25) is 0 Å². The number of amides is 1. The fourth-order valence-corrected chi connectivity index (χ4v) is 5.48. The molecule has 0 unspecified atom stereocenters. The van der Waals surface area contributed by atoms with Crippen molar-refractivity contribution in [2.24, 2.45) is 22.7 Å². The van der Waals surface area contributed by atoms with Crippen molar-refractivity contribution in [3.8, 4) is 0 Å². The van der Waals surface area contributed by atoms with E-state index < -0.39 is 5.54 Å². The van der Waals surface area contributed by atoms with Gasteiger partial charge in [-0.2, -0.15) is 0 Å². The van der Waals surface area contributed by atoms with E-state index in [1.807, 2.05) is 30.3 Å². The third kappa shape index (κ3) is 2.69. The van der Waals surface area contributed by atoms with Crippen molar-refractivity contribution in [1.29, 1.82) is 0 Å². The van der Waals surface area contributed by atoms with Crippen molar-refractivity contribution in [3.63, 3.8) is 0 Å². The number of fused-ring (bicyclic) bond motifs is 2. The molecule has 1 aromatic carbocycles. The van der Waals surface area contributed by atoms with Crippen LogP contribution in [0.5, 0.6) is 0 Å². The summed E-state index contributed by atoms with van der Waals surface area (Å²) in [6.07, 6.45) is 4.37. The Morgan fingerprint density at radius 3 is 2.77 bits per heavy atom. The summed E-state index contributed by atoms with van der Waals surface area (Å²) in [5.74, 6) is 2.61. The molecular weight excluding hydrogens is 326 g/mol. The summed E-state index contributed by atoms with van der Waals surface area (Å²) < 4.78 is 5.49. The second kappa shape index (κ2) is 6.46. The molecule has 5 heteroatoms. The Kier molecular flexibility index (Phi) is 4.09. The maximum Gasteiger partial charge on any atom is 0.253 e. The van der Waals surface area contributed by atoms with Crippen LogP contribution in [0.1, 0.15) is 31.2 Å². The standard InChI is InChI=1S/C21H27N3O2/c25-20-21(23-19(22-20)16-4-2-1-3-5-16)9-6-17-13-24(14-18(17)21)12-15-7-10-26-11-8-15/h1-5,15,17-18H,6-14H2,(H,22,23,25)/t17-,18+,21-/m1/s1. The van der Waals surface area contributed by atoms with Crippen molar-refractivity contribution < 1.29 is 9.53 Å². The smallest absolute Gasteiger partial charge is 0.253 e. The van der Waals surface area contributed by atoms with Crippen LogP contribution in [0.3, 0.4) is 0 Å². The number of likely N-dealkylation sites (tertiary alicyclic amines) is 1. The first-order valence-electron chi connectivity index (χ1n) is 10.0. The van der Waals surface area contributed by atoms with Gasteiger partial charge in [-0.3, -0.25) is 9.79 Å². The molecule has 1 N–H and O–H groups in total. The highest BCUT2D eigenvalue weighted by atomic mass is 16.5. The summed E-state index contributed by atoms with van der Waals surface area (Å²) in [4.78, 5) is 20.6. The van der Waals surface area contributed by atoms with E-state index >= 15 is 0 Å². The van der Waals surface area contributed by atoms with Gasteiger partial charge in [-0.15, -0.1) is 0 Å². The SMILES string of the molecule is O=C1NC(c2ccccc2)=N[C@@]12CC[C@@H]1CN(CC3CCOCC3)C[C@@H]12. The minimum Gasteiger partial charge on any atom is -0.381 e. The number of rotatable bonds is 3. The van der Waals surface area contributed by atoms with Crippen LogP contribution in [0.15, 0.2) is 35.3 Å². The van der Waals surface area contributed by atoms with Crippen LogP contribution in [-0.4, -0.2) is 55.0 Å². The van der Waals surface area contributed by atoms with E-state index in [1.54, 1.807) is 0 Å². The lowest BCUT2D eigenvalue weighted by atomic mass is 9.85. The third-order valence-corrected chi connectivity index (χ3v) is 6.87. The van der Waals surface area contributed by atoms with Crippen LogP contribution in [0.25, 0.3) is 0 Å². The van der Waals surface area contributed by atoms with Crippen LogP contribution in [-0.2, 0) is 9.53 Å². The van der Waals surface area contributed by atoms with Crippen LogP contribution in [0, 0.1) is 17.8 Å². The Morgan fingerprint density at radius 2 is 1.96 bits per heavy atom. The lowest BCUT2D eigenvalue weighted by molar-refractivity contribution is -0.125. The zero-order valence-electron chi connectivity index (χ0n) is 15.2. The maximum absolute atomic E-state index is 13.0. The van der Waals surface area contributed by atoms with Gasteiger partial charge in [0.25, 0.3) is 5.91 Å². The molecule has 138 valence electrons. The fraction of sp³-hybridized carbons (Fsp3) is 0.619. The molecule has 1 amide bonds. The molecule has 0 aromatic heterocycles. The number of carbonyl (C=O) groups excluding carboxylic acids is 1. The molecule has 1 saturated carbocycles.